The van der Waals surface area contributed by atoms with Crippen LogP contribution in [0.2, 0.25) is 0 Å². The van der Waals surface area contributed by atoms with E-state index in [1.54, 1.807) is 18.2 Å². The van der Waals surface area contributed by atoms with Crippen molar-refractivity contribution in [3.63, 3.8) is 0 Å². The van der Waals surface area contributed by atoms with Gasteiger partial charge in [0.2, 0.25) is 5.43 Å². The lowest BCUT2D eigenvalue weighted by atomic mass is 10.1. The van der Waals surface area contributed by atoms with Crippen LogP contribution in [0.15, 0.2) is 59.4 Å². The maximum absolute atomic E-state index is 13.4. The lowest BCUT2D eigenvalue weighted by Crippen LogP contribution is -2.45. The monoisotopic (exact) mass is 460 g/mol. The van der Waals surface area contributed by atoms with Crippen LogP contribution in [-0.2, 0) is 11.0 Å². The Hall–Kier alpha value is -4.15. The Balaban J connectivity index is 1.75. The predicted molar refractivity (Wildman–Crippen MR) is 112 cm³/mol. The minimum atomic E-state index is -4.68. The third-order valence-corrected chi connectivity index (χ3v) is 4.44. The predicted octanol–water partition coefficient (Wildman–Crippen LogP) is 2.71. The highest BCUT2D eigenvalue weighted by Gasteiger charge is 2.34. The highest BCUT2D eigenvalue weighted by Crippen LogP contribution is 2.33. The number of benzene rings is 2. The number of hydrogen-bond acceptors (Lipinski definition) is 5. The number of aromatic nitrogens is 2. The fourth-order valence-corrected chi connectivity index (χ4v) is 2.92. The van der Waals surface area contributed by atoms with Crippen molar-refractivity contribution in [3.8, 4) is 11.4 Å². The van der Waals surface area contributed by atoms with Gasteiger partial charge in [0.15, 0.2) is 12.3 Å². The molecule has 1 aromatic heterocycles. The van der Waals surface area contributed by atoms with Gasteiger partial charge < -0.3 is 4.74 Å². The zero-order valence-corrected chi connectivity index (χ0v) is 17.6. The van der Waals surface area contributed by atoms with Crippen LogP contribution in [0.3, 0.4) is 0 Å². The van der Waals surface area contributed by atoms with E-state index in [2.05, 4.69) is 10.5 Å². The average Bonchev–Trinajstić information content (AvgIpc) is 2.75. The third-order valence-electron chi connectivity index (χ3n) is 4.44. The van der Waals surface area contributed by atoms with E-state index in [0.29, 0.717) is 5.75 Å². The number of carbonyl (C=O) groups excluding carboxylic acids is 2. The third kappa shape index (κ3) is 5.76. The van der Waals surface area contributed by atoms with Gasteiger partial charge in [0, 0.05) is 11.8 Å². The maximum Gasteiger partial charge on any atom is 0.418 e. The van der Waals surface area contributed by atoms with Gasteiger partial charge in [-0.15, -0.1) is 0 Å². The molecule has 0 aliphatic rings. The summed E-state index contributed by atoms with van der Waals surface area (Å²) in [6.45, 7) is 2.81. The summed E-state index contributed by atoms with van der Waals surface area (Å²) in [5, 5.41) is 3.81. The zero-order chi connectivity index (χ0) is 24.2. The van der Waals surface area contributed by atoms with Crippen molar-refractivity contribution < 1.29 is 27.5 Å². The second-order valence-corrected chi connectivity index (χ2v) is 7.03. The van der Waals surface area contributed by atoms with Crippen LogP contribution in [0.1, 0.15) is 27.3 Å². The second-order valence-electron chi connectivity index (χ2n) is 7.03. The molecule has 3 aromatic rings. The van der Waals surface area contributed by atoms with E-state index < -0.39 is 41.3 Å². The van der Waals surface area contributed by atoms with Crippen molar-refractivity contribution in [2.45, 2.75) is 20.0 Å². The number of carbonyl (C=O) groups is 2. The van der Waals surface area contributed by atoms with Crippen LogP contribution in [0.4, 0.5) is 13.2 Å². The number of nitrogens with zero attached hydrogens (tertiary/aromatic N) is 2. The summed E-state index contributed by atoms with van der Waals surface area (Å²) in [5.74, 6) is -1.37. The molecule has 2 aromatic carbocycles. The molecule has 2 N–H and O–H groups in total. The molecule has 0 fully saturated rings. The Labute approximate surface area is 186 Å². The number of alkyl halides is 3. The first kappa shape index (κ1) is 23.5. The molecule has 11 heteroatoms. The van der Waals surface area contributed by atoms with Gasteiger partial charge in [0.25, 0.3) is 11.8 Å². The molecule has 3 rings (SSSR count). The summed E-state index contributed by atoms with van der Waals surface area (Å²) in [5.41, 5.74) is 2.23. The first-order chi connectivity index (χ1) is 15.6. The largest absolute Gasteiger partial charge is 0.484 e. The summed E-state index contributed by atoms with van der Waals surface area (Å²) < 4.78 is 46.3. The van der Waals surface area contributed by atoms with E-state index in [4.69, 9.17) is 4.74 Å². The molecule has 0 saturated heterocycles. The SMILES string of the molecule is Cc1cccc(OCC(=O)NNC(=O)c2nn(-c3ccccc3C(F)(F)F)c(C)cc2=O)c1. The van der Waals surface area contributed by atoms with E-state index in [9.17, 15) is 27.6 Å². The quantitative estimate of drug-likeness (QED) is 0.570. The summed E-state index contributed by atoms with van der Waals surface area (Å²) >= 11 is 0. The molecule has 33 heavy (non-hydrogen) atoms. The van der Waals surface area contributed by atoms with Crippen molar-refractivity contribution >= 4 is 11.8 Å². The van der Waals surface area contributed by atoms with Gasteiger partial charge in [-0.3, -0.25) is 25.2 Å². The van der Waals surface area contributed by atoms with E-state index in [1.165, 1.54) is 25.1 Å². The maximum atomic E-state index is 13.4. The Morgan fingerprint density at radius 3 is 2.45 bits per heavy atom. The summed E-state index contributed by atoms with van der Waals surface area (Å²) in [4.78, 5) is 36.6. The topological polar surface area (TPSA) is 102 Å². The van der Waals surface area contributed by atoms with Crippen LogP contribution in [-0.4, -0.2) is 28.2 Å². The molecule has 0 unspecified atom stereocenters. The smallest absolute Gasteiger partial charge is 0.418 e. The van der Waals surface area contributed by atoms with Crippen LogP contribution in [0.25, 0.3) is 5.69 Å². The molecule has 0 bridgehead atoms. The van der Waals surface area contributed by atoms with Gasteiger partial charge in [0.1, 0.15) is 5.75 Å². The molecule has 0 spiro atoms. The van der Waals surface area contributed by atoms with Crippen molar-refractivity contribution in [2.75, 3.05) is 6.61 Å². The number of aryl methyl sites for hydroxylation is 2. The number of halogens is 3. The summed E-state index contributed by atoms with van der Waals surface area (Å²) in [6.07, 6.45) is -4.68. The lowest BCUT2D eigenvalue weighted by molar-refractivity contribution is -0.137. The standard InChI is InChI=1S/C22H19F3N4O4/c1-13-6-5-7-15(10-13)33-12-19(31)26-27-21(32)20-18(30)11-14(2)29(28-20)17-9-4-3-8-16(17)22(23,24)25/h3-11H,12H2,1-2H3,(H,26,31)(H,27,32). The summed E-state index contributed by atoms with van der Waals surface area (Å²) in [6, 6.07) is 12.6. The van der Waals surface area contributed by atoms with E-state index in [-0.39, 0.29) is 11.4 Å². The fourth-order valence-electron chi connectivity index (χ4n) is 2.92. The molecule has 8 nitrogen and oxygen atoms in total. The lowest BCUT2D eigenvalue weighted by Gasteiger charge is -2.16. The number of para-hydroxylation sites is 1. The average molecular weight is 460 g/mol. The Bertz CT molecular complexity index is 1250. The van der Waals surface area contributed by atoms with Crippen molar-refractivity contribution in [3.05, 3.63) is 87.3 Å². The molecule has 0 radical (unpaired) electrons. The van der Waals surface area contributed by atoms with E-state index in [0.717, 1.165) is 22.4 Å². The molecule has 0 saturated carbocycles. The molecular formula is C22H19F3N4O4. The second kappa shape index (κ2) is 9.55. The number of rotatable bonds is 5. The van der Waals surface area contributed by atoms with Crippen molar-refractivity contribution in [1.29, 1.82) is 0 Å². The minimum Gasteiger partial charge on any atom is -0.484 e. The molecular weight excluding hydrogens is 441 g/mol. The van der Waals surface area contributed by atoms with Crippen LogP contribution in [0.5, 0.6) is 5.75 Å². The van der Waals surface area contributed by atoms with Crippen LogP contribution < -0.4 is 21.0 Å². The van der Waals surface area contributed by atoms with Gasteiger partial charge >= 0.3 is 6.18 Å². The normalized spacial score (nSPS) is 11.1. The van der Waals surface area contributed by atoms with Gasteiger partial charge in [-0.1, -0.05) is 24.3 Å². The molecule has 2 amide bonds. The highest BCUT2D eigenvalue weighted by atomic mass is 19.4. The summed E-state index contributed by atoms with van der Waals surface area (Å²) in [7, 11) is 0. The first-order valence-electron chi connectivity index (χ1n) is 9.62. The van der Waals surface area contributed by atoms with Crippen LogP contribution >= 0.6 is 0 Å². The molecule has 172 valence electrons. The van der Waals surface area contributed by atoms with E-state index in [1.807, 2.05) is 18.4 Å². The first-order valence-corrected chi connectivity index (χ1v) is 9.62. The van der Waals surface area contributed by atoms with Gasteiger partial charge in [-0.2, -0.15) is 18.3 Å². The molecule has 0 aliphatic heterocycles. The minimum absolute atomic E-state index is 0.0869. The van der Waals surface area contributed by atoms with Gasteiger partial charge in [0.05, 0.1) is 11.3 Å². The Kier molecular flexibility index (Phi) is 6.80. The number of ether oxygens (including phenoxy) is 1. The molecule has 0 atom stereocenters. The number of nitrogens with one attached hydrogen (secondary N) is 2. The number of amides is 2. The van der Waals surface area contributed by atoms with Gasteiger partial charge in [-0.05, 0) is 43.7 Å². The molecule has 1 heterocycles. The van der Waals surface area contributed by atoms with Gasteiger partial charge in [-0.25, -0.2) is 4.68 Å². The van der Waals surface area contributed by atoms with Crippen molar-refractivity contribution in [2.24, 2.45) is 0 Å². The highest BCUT2D eigenvalue weighted by molar-refractivity contribution is 5.93. The molecule has 0 aliphatic carbocycles. The van der Waals surface area contributed by atoms with Crippen LogP contribution in [0, 0.1) is 13.8 Å². The fraction of sp³-hybridized carbons (Fsp3) is 0.182. The number of hydrogen-bond donors (Lipinski definition) is 2. The number of hydrazine groups is 1. The Morgan fingerprint density at radius 1 is 1.03 bits per heavy atom. The Morgan fingerprint density at radius 2 is 1.76 bits per heavy atom. The van der Waals surface area contributed by atoms with Crippen molar-refractivity contribution in [1.82, 2.24) is 20.6 Å². The zero-order valence-electron chi connectivity index (χ0n) is 17.6. The van der Waals surface area contributed by atoms with E-state index >= 15 is 0 Å².